The summed E-state index contributed by atoms with van der Waals surface area (Å²) in [6, 6.07) is 6.55. The second-order valence-electron chi connectivity index (χ2n) is 3.47. The van der Waals surface area contributed by atoms with Gasteiger partial charge in [-0.05, 0) is 12.1 Å². The van der Waals surface area contributed by atoms with Crippen LogP contribution in [0.2, 0.25) is 0 Å². The van der Waals surface area contributed by atoms with Crippen LogP contribution in [0.4, 0.5) is 8.78 Å². The van der Waals surface area contributed by atoms with Crippen LogP contribution in [-0.2, 0) is 0 Å². The number of hydrogen-bond donors (Lipinski definition) is 0. The third-order valence-electron chi connectivity index (χ3n) is 2.37. The SMILES string of the molecule is FC(F)Oc1ccccc1-c1cn2ncsc2n1. The highest BCUT2D eigenvalue weighted by Crippen LogP contribution is 2.30. The summed E-state index contributed by atoms with van der Waals surface area (Å²) < 4.78 is 30.7. The number of alkyl halides is 2. The monoisotopic (exact) mass is 267 g/mol. The lowest BCUT2D eigenvalue weighted by molar-refractivity contribution is -0.0494. The second-order valence-corrected chi connectivity index (χ2v) is 4.28. The zero-order valence-electron chi connectivity index (χ0n) is 8.96. The zero-order chi connectivity index (χ0) is 12.5. The molecule has 2 heterocycles. The van der Waals surface area contributed by atoms with Crippen LogP contribution >= 0.6 is 11.3 Å². The van der Waals surface area contributed by atoms with Crippen molar-refractivity contribution < 1.29 is 13.5 Å². The summed E-state index contributed by atoms with van der Waals surface area (Å²) >= 11 is 1.37. The average molecular weight is 267 g/mol. The Morgan fingerprint density at radius 2 is 2.11 bits per heavy atom. The molecule has 0 atom stereocenters. The third kappa shape index (κ3) is 1.92. The molecule has 0 N–H and O–H groups in total. The lowest BCUT2D eigenvalue weighted by Gasteiger charge is -2.08. The van der Waals surface area contributed by atoms with Crippen molar-refractivity contribution in [2.24, 2.45) is 0 Å². The molecule has 0 amide bonds. The molecule has 1 aromatic carbocycles. The molecule has 0 fully saturated rings. The van der Waals surface area contributed by atoms with Gasteiger partial charge in [-0.3, -0.25) is 0 Å². The largest absolute Gasteiger partial charge is 0.434 e. The van der Waals surface area contributed by atoms with Crippen LogP contribution in [0.5, 0.6) is 5.75 Å². The molecule has 92 valence electrons. The predicted octanol–water partition coefficient (Wildman–Crippen LogP) is 3.06. The summed E-state index contributed by atoms with van der Waals surface area (Å²) in [5.74, 6) is 0.109. The van der Waals surface area contributed by atoms with Crippen molar-refractivity contribution in [3.8, 4) is 17.0 Å². The minimum atomic E-state index is -2.85. The fourth-order valence-electron chi connectivity index (χ4n) is 1.65. The molecule has 0 aliphatic heterocycles. The van der Waals surface area contributed by atoms with Gasteiger partial charge < -0.3 is 4.74 Å². The van der Waals surface area contributed by atoms with Crippen molar-refractivity contribution in [3.63, 3.8) is 0 Å². The van der Waals surface area contributed by atoms with Gasteiger partial charge in [-0.1, -0.05) is 23.5 Å². The fourth-order valence-corrected chi connectivity index (χ4v) is 2.25. The number of rotatable bonds is 3. The van der Waals surface area contributed by atoms with Gasteiger partial charge in [-0.15, -0.1) is 0 Å². The highest BCUT2D eigenvalue weighted by atomic mass is 32.1. The van der Waals surface area contributed by atoms with E-state index in [1.807, 2.05) is 0 Å². The molecule has 2 aromatic heterocycles. The van der Waals surface area contributed by atoms with Crippen LogP contribution in [0.15, 0.2) is 36.0 Å². The summed E-state index contributed by atoms with van der Waals surface area (Å²) in [7, 11) is 0. The number of nitrogens with zero attached hydrogens (tertiary/aromatic N) is 3. The van der Waals surface area contributed by atoms with Crippen LogP contribution in [0.1, 0.15) is 0 Å². The van der Waals surface area contributed by atoms with Gasteiger partial charge in [0.2, 0.25) is 4.96 Å². The number of aromatic nitrogens is 3. The first-order chi connectivity index (χ1) is 8.74. The van der Waals surface area contributed by atoms with E-state index in [-0.39, 0.29) is 5.75 Å². The molecule has 0 radical (unpaired) electrons. The van der Waals surface area contributed by atoms with E-state index in [4.69, 9.17) is 0 Å². The molecule has 0 aliphatic carbocycles. The van der Waals surface area contributed by atoms with E-state index in [1.54, 1.807) is 34.4 Å². The molecule has 18 heavy (non-hydrogen) atoms. The molecule has 3 rings (SSSR count). The van der Waals surface area contributed by atoms with E-state index in [9.17, 15) is 8.78 Å². The first kappa shape index (κ1) is 11.1. The maximum absolute atomic E-state index is 12.3. The lowest BCUT2D eigenvalue weighted by atomic mass is 10.1. The van der Waals surface area contributed by atoms with Crippen LogP contribution in [-0.4, -0.2) is 21.2 Å². The van der Waals surface area contributed by atoms with E-state index >= 15 is 0 Å². The molecule has 7 heteroatoms. The minimum Gasteiger partial charge on any atom is -0.434 e. The third-order valence-corrected chi connectivity index (χ3v) is 3.05. The molecule has 3 aromatic rings. The Morgan fingerprint density at radius 3 is 2.89 bits per heavy atom. The molecule has 0 spiro atoms. The number of fused-ring (bicyclic) bond motifs is 1. The Kier molecular flexibility index (Phi) is 2.67. The van der Waals surface area contributed by atoms with Crippen LogP contribution in [0, 0.1) is 0 Å². The highest BCUT2D eigenvalue weighted by Gasteiger charge is 2.13. The summed E-state index contributed by atoms with van der Waals surface area (Å²) in [5, 5.41) is 4.04. The molecular formula is C11H7F2N3OS. The zero-order valence-corrected chi connectivity index (χ0v) is 9.77. The number of imidazole rings is 1. The predicted molar refractivity (Wildman–Crippen MR) is 62.9 cm³/mol. The molecule has 0 bridgehead atoms. The van der Waals surface area contributed by atoms with Gasteiger partial charge in [0.05, 0.1) is 11.9 Å². The Labute approximate surface area is 104 Å². The molecule has 4 nitrogen and oxygen atoms in total. The highest BCUT2D eigenvalue weighted by molar-refractivity contribution is 7.14. The van der Waals surface area contributed by atoms with Gasteiger partial charge in [0.1, 0.15) is 11.3 Å². The quantitative estimate of drug-likeness (QED) is 0.732. The summed E-state index contributed by atoms with van der Waals surface area (Å²) in [4.78, 5) is 5.01. The smallest absolute Gasteiger partial charge is 0.387 e. The first-order valence-electron chi connectivity index (χ1n) is 5.07. The Morgan fingerprint density at radius 1 is 1.28 bits per heavy atom. The van der Waals surface area contributed by atoms with Gasteiger partial charge in [0.25, 0.3) is 0 Å². The average Bonchev–Trinajstić information content (AvgIpc) is 2.89. The van der Waals surface area contributed by atoms with Crippen LogP contribution in [0.3, 0.4) is 0 Å². The van der Waals surface area contributed by atoms with Crippen LogP contribution in [0.25, 0.3) is 16.2 Å². The number of benzene rings is 1. The second kappa shape index (κ2) is 4.34. The van der Waals surface area contributed by atoms with Gasteiger partial charge in [-0.2, -0.15) is 13.9 Å². The molecule has 0 saturated carbocycles. The molecule has 0 aliphatic rings. The number of para-hydroxylation sites is 1. The Bertz CT molecular complexity index is 651. The van der Waals surface area contributed by atoms with E-state index in [1.165, 1.54) is 17.4 Å². The molecule has 0 unspecified atom stereocenters. The van der Waals surface area contributed by atoms with Gasteiger partial charge >= 0.3 is 6.61 Å². The van der Waals surface area contributed by atoms with Crippen molar-refractivity contribution in [1.29, 1.82) is 0 Å². The van der Waals surface area contributed by atoms with Crippen molar-refractivity contribution in [2.75, 3.05) is 0 Å². The van der Waals surface area contributed by atoms with E-state index in [2.05, 4.69) is 14.8 Å². The van der Waals surface area contributed by atoms with Gasteiger partial charge in [0, 0.05) is 5.56 Å². The van der Waals surface area contributed by atoms with Crippen molar-refractivity contribution in [2.45, 2.75) is 6.61 Å². The fraction of sp³-hybridized carbons (Fsp3) is 0.0909. The molecule has 0 saturated heterocycles. The standard InChI is InChI=1S/C11H7F2N3OS/c12-10(13)17-9-4-2-1-3-7(9)8-5-16-11(15-8)18-6-14-16/h1-6,10H. The maximum Gasteiger partial charge on any atom is 0.387 e. The number of halogens is 2. The maximum atomic E-state index is 12.3. The minimum absolute atomic E-state index is 0.109. The van der Waals surface area contributed by atoms with Crippen molar-refractivity contribution in [3.05, 3.63) is 36.0 Å². The van der Waals surface area contributed by atoms with Crippen molar-refractivity contribution >= 4 is 16.3 Å². The van der Waals surface area contributed by atoms with Crippen LogP contribution < -0.4 is 4.74 Å². The first-order valence-corrected chi connectivity index (χ1v) is 5.95. The van der Waals surface area contributed by atoms with Gasteiger partial charge in [-0.25, -0.2) is 9.50 Å². The Hall–Kier alpha value is -2.02. The van der Waals surface area contributed by atoms with Gasteiger partial charge in [0.15, 0.2) is 0 Å². The topological polar surface area (TPSA) is 39.4 Å². The number of ether oxygens (including phenoxy) is 1. The van der Waals surface area contributed by atoms with E-state index in [0.29, 0.717) is 16.2 Å². The number of hydrogen-bond acceptors (Lipinski definition) is 4. The molecular weight excluding hydrogens is 260 g/mol. The summed E-state index contributed by atoms with van der Waals surface area (Å²) in [6.07, 6.45) is 1.68. The summed E-state index contributed by atoms with van der Waals surface area (Å²) in [6.45, 7) is -2.85. The Balaban J connectivity index is 2.08. The summed E-state index contributed by atoms with van der Waals surface area (Å²) in [5.41, 5.74) is 2.74. The normalized spacial score (nSPS) is 11.3. The van der Waals surface area contributed by atoms with E-state index < -0.39 is 6.61 Å². The lowest BCUT2D eigenvalue weighted by Crippen LogP contribution is -2.03. The van der Waals surface area contributed by atoms with E-state index in [0.717, 1.165) is 0 Å². The van der Waals surface area contributed by atoms with Crippen molar-refractivity contribution in [1.82, 2.24) is 14.6 Å².